The number of hydrogen-bond acceptors (Lipinski definition) is 6. The largest absolute Gasteiger partial charge is 0.504 e. The van der Waals surface area contributed by atoms with Gasteiger partial charge in [0.05, 0.1) is 13.3 Å². The summed E-state index contributed by atoms with van der Waals surface area (Å²) in [6.07, 6.45) is 1.29. The molecule has 7 nitrogen and oxygen atoms in total. The van der Waals surface area contributed by atoms with Gasteiger partial charge in [-0.1, -0.05) is 11.6 Å². The summed E-state index contributed by atoms with van der Waals surface area (Å²) >= 11 is 5.75. The Morgan fingerprint density at radius 1 is 1.29 bits per heavy atom. The molecule has 0 radical (unpaired) electrons. The number of ether oxygens (including phenoxy) is 2. The van der Waals surface area contributed by atoms with Gasteiger partial charge >= 0.3 is 0 Å². The molecule has 0 fully saturated rings. The van der Waals surface area contributed by atoms with Crippen molar-refractivity contribution in [2.45, 2.75) is 0 Å². The SMILES string of the molecule is COc1cc(/C=N/NC(=O)COc2ccc(Cl)cc2)cc(O)c1O. The van der Waals surface area contributed by atoms with Gasteiger partial charge in [-0.3, -0.25) is 4.79 Å². The maximum atomic E-state index is 11.6. The Hall–Kier alpha value is -2.93. The fraction of sp³-hybridized carbons (Fsp3) is 0.125. The highest BCUT2D eigenvalue weighted by Crippen LogP contribution is 2.35. The molecule has 0 bridgehead atoms. The monoisotopic (exact) mass is 350 g/mol. The van der Waals surface area contributed by atoms with Crippen molar-refractivity contribution in [1.82, 2.24) is 5.43 Å². The predicted molar refractivity (Wildman–Crippen MR) is 89.0 cm³/mol. The number of nitrogens with zero attached hydrogens (tertiary/aromatic N) is 1. The lowest BCUT2D eigenvalue weighted by Crippen LogP contribution is -2.24. The first-order valence-corrected chi connectivity index (χ1v) is 7.17. The molecule has 2 rings (SSSR count). The standard InChI is InChI=1S/C16H15ClN2O5/c1-23-14-7-10(6-13(20)16(14)22)8-18-19-15(21)9-24-12-4-2-11(17)3-5-12/h2-8,20,22H,9H2,1H3,(H,19,21)/b18-8+. The molecule has 126 valence electrons. The molecule has 24 heavy (non-hydrogen) atoms. The Morgan fingerprint density at radius 3 is 2.67 bits per heavy atom. The van der Waals surface area contributed by atoms with Crippen LogP contribution in [0.1, 0.15) is 5.56 Å². The smallest absolute Gasteiger partial charge is 0.277 e. The molecule has 0 saturated carbocycles. The van der Waals surface area contributed by atoms with Crippen LogP contribution in [0.5, 0.6) is 23.0 Å². The van der Waals surface area contributed by atoms with E-state index >= 15 is 0 Å². The van der Waals surface area contributed by atoms with E-state index in [2.05, 4.69) is 10.5 Å². The molecule has 0 aromatic heterocycles. The van der Waals surface area contributed by atoms with Gasteiger partial charge in [0.1, 0.15) is 5.75 Å². The average Bonchev–Trinajstić information content (AvgIpc) is 2.57. The zero-order valence-corrected chi connectivity index (χ0v) is 13.4. The maximum Gasteiger partial charge on any atom is 0.277 e. The third-order valence-electron chi connectivity index (χ3n) is 2.88. The Balaban J connectivity index is 1.88. The molecular weight excluding hydrogens is 336 g/mol. The molecule has 8 heteroatoms. The molecule has 2 aromatic carbocycles. The molecule has 0 unspecified atom stereocenters. The number of benzene rings is 2. The Morgan fingerprint density at radius 2 is 2.00 bits per heavy atom. The Labute approximate surface area is 143 Å². The van der Waals surface area contributed by atoms with Gasteiger partial charge in [-0.25, -0.2) is 5.43 Å². The van der Waals surface area contributed by atoms with Gasteiger partial charge in [-0.05, 0) is 36.4 Å². The summed E-state index contributed by atoms with van der Waals surface area (Å²) in [6, 6.07) is 9.32. The quantitative estimate of drug-likeness (QED) is 0.421. The highest BCUT2D eigenvalue weighted by atomic mass is 35.5. The fourth-order valence-electron chi connectivity index (χ4n) is 1.73. The van der Waals surface area contributed by atoms with E-state index in [4.69, 9.17) is 21.1 Å². The number of carbonyl (C=O) groups excluding carboxylic acids is 1. The normalized spacial score (nSPS) is 10.6. The fourth-order valence-corrected chi connectivity index (χ4v) is 1.86. The van der Waals surface area contributed by atoms with Gasteiger partial charge in [0, 0.05) is 10.6 Å². The number of phenols is 2. The van der Waals surface area contributed by atoms with Gasteiger partial charge < -0.3 is 19.7 Å². The van der Waals surface area contributed by atoms with Crippen LogP contribution in [0.15, 0.2) is 41.5 Å². The second-order valence-corrected chi connectivity index (χ2v) is 5.06. The molecule has 0 saturated heterocycles. The van der Waals surface area contributed by atoms with E-state index in [0.29, 0.717) is 16.3 Å². The van der Waals surface area contributed by atoms with Crippen LogP contribution in [0.2, 0.25) is 5.02 Å². The number of hydrogen-bond donors (Lipinski definition) is 3. The van der Waals surface area contributed by atoms with Crippen LogP contribution in [0.4, 0.5) is 0 Å². The van der Waals surface area contributed by atoms with Crippen molar-refractivity contribution < 1.29 is 24.5 Å². The van der Waals surface area contributed by atoms with Crippen LogP contribution in [-0.4, -0.2) is 36.1 Å². The number of amides is 1. The minimum Gasteiger partial charge on any atom is -0.504 e. The Bertz CT molecular complexity index is 747. The summed E-state index contributed by atoms with van der Waals surface area (Å²) in [4.78, 5) is 11.6. The number of methoxy groups -OCH3 is 1. The van der Waals surface area contributed by atoms with Crippen LogP contribution in [0, 0.1) is 0 Å². The molecule has 0 aliphatic heterocycles. The summed E-state index contributed by atoms with van der Waals surface area (Å²) in [5.74, 6) is -0.583. The van der Waals surface area contributed by atoms with E-state index in [1.807, 2.05) is 0 Å². The molecule has 0 aliphatic carbocycles. The van der Waals surface area contributed by atoms with E-state index in [9.17, 15) is 15.0 Å². The van der Waals surface area contributed by atoms with Crippen LogP contribution < -0.4 is 14.9 Å². The molecule has 0 spiro atoms. The van der Waals surface area contributed by atoms with Gasteiger partial charge in [0.25, 0.3) is 5.91 Å². The van der Waals surface area contributed by atoms with Crippen molar-refractivity contribution in [1.29, 1.82) is 0 Å². The lowest BCUT2D eigenvalue weighted by molar-refractivity contribution is -0.123. The molecule has 0 aliphatic rings. The average molecular weight is 351 g/mol. The van der Waals surface area contributed by atoms with Crippen LogP contribution in [0.3, 0.4) is 0 Å². The summed E-state index contributed by atoms with van der Waals surface area (Å²) in [5, 5.41) is 23.4. The van der Waals surface area contributed by atoms with E-state index < -0.39 is 5.91 Å². The van der Waals surface area contributed by atoms with Crippen molar-refractivity contribution in [2.75, 3.05) is 13.7 Å². The highest BCUT2D eigenvalue weighted by molar-refractivity contribution is 6.30. The second kappa shape index (κ2) is 8.07. The zero-order chi connectivity index (χ0) is 17.5. The number of nitrogens with one attached hydrogen (secondary N) is 1. The third-order valence-corrected chi connectivity index (χ3v) is 3.14. The van der Waals surface area contributed by atoms with Crippen LogP contribution in [-0.2, 0) is 4.79 Å². The van der Waals surface area contributed by atoms with Crippen molar-refractivity contribution in [3.8, 4) is 23.0 Å². The number of rotatable bonds is 6. The van der Waals surface area contributed by atoms with Gasteiger partial charge in [0.2, 0.25) is 5.75 Å². The van der Waals surface area contributed by atoms with E-state index in [1.165, 1.54) is 25.5 Å². The maximum absolute atomic E-state index is 11.6. The van der Waals surface area contributed by atoms with Crippen molar-refractivity contribution in [3.05, 3.63) is 47.0 Å². The lowest BCUT2D eigenvalue weighted by Gasteiger charge is -2.06. The van der Waals surface area contributed by atoms with Gasteiger partial charge in [0.15, 0.2) is 18.1 Å². The van der Waals surface area contributed by atoms with Crippen molar-refractivity contribution >= 4 is 23.7 Å². The minimum absolute atomic E-state index is 0.0915. The summed E-state index contributed by atoms with van der Waals surface area (Å²) < 4.78 is 10.2. The number of aromatic hydroxyl groups is 2. The van der Waals surface area contributed by atoms with Crippen LogP contribution >= 0.6 is 11.6 Å². The Kier molecular flexibility index (Phi) is 5.86. The number of hydrazone groups is 1. The third kappa shape index (κ3) is 4.79. The first-order chi connectivity index (χ1) is 11.5. The topological polar surface area (TPSA) is 100 Å². The zero-order valence-electron chi connectivity index (χ0n) is 12.7. The summed E-state index contributed by atoms with van der Waals surface area (Å²) in [6.45, 7) is -0.219. The summed E-state index contributed by atoms with van der Waals surface area (Å²) in [5.41, 5.74) is 2.71. The lowest BCUT2D eigenvalue weighted by atomic mass is 10.2. The number of phenolic OH excluding ortho intramolecular Hbond substituents is 2. The first kappa shape index (κ1) is 17.4. The summed E-state index contributed by atoms with van der Waals surface area (Å²) in [7, 11) is 1.35. The number of halogens is 1. The van der Waals surface area contributed by atoms with Crippen molar-refractivity contribution in [3.63, 3.8) is 0 Å². The minimum atomic E-state index is -0.462. The molecule has 0 atom stereocenters. The van der Waals surface area contributed by atoms with Crippen molar-refractivity contribution in [2.24, 2.45) is 5.10 Å². The molecule has 3 N–H and O–H groups in total. The first-order valence-electron chi connectivity index (χ1n) is 6.80. The highest BCUT2D eigenvalue weighted by Gasteiger charge is 2.08. The van der Waals surface area contributed by atoms with Gasteiger partial charge in [-0.15, -0.1) is 0 Å². The van der Waals surface area contributed by atoms with E-state index in [-0.39, 0.29) is 23.9 Å². The molecule has 1 amide bonds. The van der Waals surface area contributed by atoms with E-state index in [0.717, 1.165) is 0 Å². The van der Waals surface area contributed by atoms with Gasteiger partial charge in [-0.2, -0.15) is 5.10 Å². The number of carbonyl (C=O) groups is 1. The molecule has 2 aromatic rings. The molecular formula is C16H15ClN2O5. The predicted octanol–water partition coefficient (Wildman–Crippen LogP) is 2.29. The van der Waals surface area contributed by atoms with Crippen LogP contribution in [0.25, 0.3) is 0 Å². The second-order valence-electron chi connectivity index (χ2n) is 4.63. The van der Waals surface area contributed by atoms with E-state index in [1.54, 1.807) is 24.3 Å². The molecule has 0 heterocycles.